The van der Waals surface area contributed by atoms with Crippen LogP contribution in [-0.2, 0) is 9.59 Å². The number of hydrogen-bond donors (Lipinski definition) is 2. The molecule has 0 aromatic carbocycles. The molecule has 5 nitrogen and oxygen atoms in total. The first-order chi connectivity index (χ1) is 8.69. The number of amides is 2. The fraction of sp³-hybridized carbons (Fsp3) is 0.750. The molecule has 0 saturated heterocycles. The predicted octanol–water partition coefficient (Wildman–Crippen LogP) is 1.04. The highest BCUT2D eigenvalue weighted by molar-refractivity contribution is 7.99. The Balaban J connectivity index is 1.80. The van der Waals surface area contributed by atoms with Crippen LogP contribution in [0.25, 0.3) is 0 Å². The molecule has 1 heterocycles. The molecule has 100 valence electrons. The quantitative estimate of drug-likeness (QED) is 0.801. The largest absolute Gasteiger partial charge is 0.348 e. The molecule has 2 atom stereocenters. The van der Waals surface area contributed by atoms with E-state index < -0.39 is 0 Å². The number of hydrogen-bond acceptors (Lipinski definition) is 4. The second-order valence-electron chi connectivity index (χ2n) is 4.65. The summed E-state index contributed by atoms with van der Waals surface area (Å²) in [6.07, 6.45) is 4.06. The number of carbonyl (C=O) groups is 2. The van der Waals surface area contributed by atoms with E-state index in [1.54, 1.807) is 0 Å². The number of rotatable bonds is 4. The lowest BCUT2D eigenvalue weighted by Gasteiger charge is -2.16. The Labute approximate surface area is 111 Å². The molecule has 6 heteroatoms. The van der Waals surface area contributed by atoms with Gasteiger partial charge in [-0.15, -0.1) is 0 Å². The minimum absolute atomic E-state index is 0.119. The highest BCUT2D eigenvalue weighted by Crippen LogP contribution is 2.29. The second-order valence-corrected chi connectivity index (χ2v) is 6.23. The van der Waals surface area contributed by atoms with Crippen molar-refractivity contribution in [3.63, 3.8) is 0 Å². The van der Waals surface area contributed by atoms with Gasteiger partial charge in [-0.1, -0.05) is 6.92 Å². The van der Waals surface area contributed by atoms with E-state index in [0.29, 0.717) is 23.8 Å². The molecule has 0 bridgehead atoms. The van der Waals surface area contributed by atoms with Gasteiger partial charge in [0.2, 0.25) is 5.91 Å². The number of hydrazone groups is 1. The highest BCUT2D eigenvalue weighted by atomic mass is 32.2. The molecule has 0 radical (unpaired) electrons. The van der Waals surface area contributed by atoms with Gasteiger partial charge in [0, 0.05) is 24.1 Å². The lowest BCUT2D eigenvalue weighted by molar-refractivity contribution is -0.121. The molecule has 2 N–H and O–H groups in total. The van der Waals surface area contributed by atoms with Crippen LogP contribution >= 0.6 is 11.8 Å². The van der Waals surface area contributed by atoms with Crippen LogP contribution in [0.3, 0.4) is 0 Å². The Morgan fingerprint density at radius 2 is 2.33 bits per heavy atom. The molecule has 2 rings (SSSR count). The summed E-state index contributed by atoms with van der Waals surface area (Å²) >= 11 is 1.97. The van der Waals surface area contributed by atoms with E-state index in [1.165, 1.54) is 6.42 Å². The van der Waals surface area contributed by atoms with Crippen molar-refractivity contribution >= 4 is 29.3 Å². The number of thioether (sulfide) groups is 1. The lowest BCUT2D eigenvalue weighted by Crippen LogP contribution is -2.41. The Kier molecular flexibility index (Phi) is 4.63. The zero-order valence-corrected chi connectivity index (χ0v) is 11.4. The molecule has 1 aliphatic heterocycles. The van der Waals surface area contributed by atoms with Crippen molar-refractivity contribution in [2.45, 2.75) is 50.3 Å². The fourth-order valence-corrected chi connectivity index (χ4v) is 3.51. The number of nitrogens with one attached hydrogen (secondary N) is 2. The van der Waals surface area contributed by atoms with Gasteiger partial charge in [-0.2, -0.15) is 16.9 Å². The van der Waals surface area contributed by atoms with E-state index in [4.69, 9.17) is 0 Å². The van der Waals surface area contributed by atoms with E-state index in [1.807, 2.05) is 11.8 Å². The third-order valence-electron chi connectivity index (χ3n) is 3.29. The Bertz CT molecular complexity index is 370. The summed E-state index contributed by atoms with van der Waals surface area (Å²) in [5, 5.41) is 7.50. The van der Waals surface area contributed by atoms with Crippen molar-refractivity contribution in [1.29, 1.82) is 0 Å². The molecule has 2 unspecified atom stereocenters. The maximum Gasteiger partial charge on any atom is 0.267 e. The molecular formula is C12H19N3O2S. The lowest BCUT2D eigenvalue weighted by atomic mass is 10.1. The van der Waals surface area contributed by atoms with Gasteiger partial charge in [-0.3, -0.25) is 9.59 Å². The SMILES string of the molecule is CCSC1CCC(NC(=O)C2=NNC(=O)CC2)C1. The van der Waals surface area contributed by atoms with Crippen molar-refractivity contribution in [1.82, 2.24) is 10.7 Å². The molecular weight excluding hydrogens is 250 g/mol. The zero-order valence-electron chi connectivity index (χ0n) is 10.6. The summed E-state index contributed by atoms with van der Waals surface area (Å²) < 4.78 is 0. The van der Waals surface area contributed by atoms with Crippen LogP contribution in [0.1, 0.15) is 39.0 Å². The first kappa shape index (κ1) is 13.4. The molecule has 2 aliphatic rings. The minimum atomic E-state index is -0.123. The molecule has 2 amide bonds. The smallest absolute Gasteiger partial charge is 0.267 e. The van der Waals surface area contributed by atoms with E-state index in [0.717, 1.165) is 18.6 Å². The summed E-state index contributed by atoms with van der Waals surface area (Å²) in [6, 6.07) is 0.266. The number of nitrogens with zero attached hydrogens (tertiary/aromatic N) is 1. The van der Waals surface area contributed by atoms with Gasteiger partial charge in [-0.05, 0) is 25.0 Å². The van der Waals surface area contributed by atoms with Crippen molar-refractivity contribution < 1.29 is 9.59 Å². The zero-order chi connectivity index (χ0) is 13.0. The second kappa shape index (κ2) is 6.22. The average Bonchev–Trinajstić information content (AvgIpc) is 2.78. The van der Waals surface area contributed by atoms with Crippen LogP contribution in [0.4, 0.5) is 0 Å². The van der Waals surface area contributed by atoms with Crippen LogP contribution in [-0.4, -0.2) is 34.6 Å². The Morgan fingerprint density at radius 1 is 1.50 bits per heavy atom. The fourth-order valence-electron chi connectivity index (χ4n) is 2.36. The third-order valence-corrected chi connectivity index (χ3v) is 4.52. The number of carbonyl (C=O) groups excluding carboxylic acids is 2. The first-order valence-corrected chi connectivity index (χ1v) is 7.51. The maximum absolute atomic E-state index is 11.9. The summed E-state index contributed by atoms with van der Waals surface area (Å²) in [5.74, 6) is 0.887. The van der Waals surface area contributed by atoms with Crippen molar-refractivity contribution in [3.8, 4) is 0 Å². The Hall–Kier alpha value is -1.04. The monoisotopic (exact) mass is 269 g/mol. The summed E-state index contributed by atoms with van der Waals surface area (Å²) in [4.78, 5) is 22.9. The summed E-state index contributed by atoms with van der Waals surface area (Å²) in [7, 11) is 0. The van der Waals surface area contributed by atoms with Gasteiger partial charge >= 0.3 is 0 Å². The molecule has 0 spiro atoms. The van der Waals surface area contributed by atoms with E-state index in [-0.39, 0.29) is 17.9 Å². The normalized spacial score (nSPS) is 27.6. The van der Waals surface area contributed by atoms with Crippen molar-refractivity contribution in [2.75, 3.05) is 5.75 Å². The van der Waals surface area contributed by atoms with E-state index >= 15 is 0 Å². The summed E-state index contributed by atoms with van der Waals surface area (Å²) in [5.41, 5.74) is 2.80. The molecule has 18 heavy (non-hydrogen) atoms. The Morgan fingerprint density at radius 3 is 3.00 bits per heavy atom. The molecule has 1 fully saturated rings. The van der Waals surface area contributed by atoms with Gasteiger partial charge in [0.15, 0.2) is 0 Å². The van der Waals surface area contributed by atoms with E-state index in [2.05, 4.69) is 22.8 Å². The van der Waals surface area contributed by atoms with Crippen molar-refractivity contribution in [2.24, 2.45) is 5.10 Å². The van der Waals surface area contributed by atoms with Gasteiger partial charge in [0.25, 0.3) is 5.91 Å². The topological polar surface area (TPSA) is 70.6 Å². The van der Waals surface area contributed by atoms with Crippen LogP contribution in [0, 0.1) is 0 Å². The van der Waals surface area contributed by atoms with Gasteiger partial charge in [0.05, 0.1) is 0 Å². The van der Waals surface area contributed by atoms with Gasteiger partial charge < -0.3 is 5.32 Å². The van der Waals surface area contributed by atoms with Crippen LogP contribution in [0.2, 0.25) is 0 Å². The predicted molar refractivity (Wildman–Crippen MR) is 72.5 cm³/mol. The average molecular weight is 269 g/mol. The minimum Gasteiger partial charge on any atom is -0.348 e. The summed E-state index contributed by atoms with van der Waals surface area (Å²) in [6.45, 7) is 2.16. The van der Waals surface area contributed by atoms with E-state index in [9.17, 15) is 9.59 Å². The van der Waals surface area contributed by atoms with Gasteiger partial charge in [0.1, 0.15) is 5.71 Å². The van der Waals surface area contributed by atoms with Gasteiger partial charge in [-0.25, -0.2) is 5.43 Å². The molecule has 0 aromatic heterocycles. The maximum atomic E-state index is 11.9. The van der Waals surface area contributed by atoms with Crippen LogP contribution in [0.15, 0.2) is 5.10 Å². The molecule has 1 aliphatic carbocycles. The standard InChI is InChI=1S/C12H19N3O2S/c1-2-18-9-4-3-8(7-9)13-12(17)10-5-6-11(16)15-14-10/h8-9H,2-7H2,1H3,(H,13,17)(H,15,16). The first-order valence-electron chi connectivity index (χ1n) is 6.47. The highest BCUT2D eigenvalue weighted by Gasteiger charge is 2.27. The third kappa shape index (κ3) is 3.48. The van der Waals surface area contributed by atoms with Crippen molar-refractivity contribution in [3.05, 3.63) is 0 Å². The molecule has 1 saturated carbocycles. The molecule has 0 aromatic rings. The van der Waals surface area contributed by atoms with Crippen LogP contribution < -0.4 is 10.7 Å². The van der Waals surface area contributed by atoms with Crippen LogP contribution in [0.5, 0.6) is 0 Å².